The molecule has 0 fully saturated rings. The Hall–Kier alpha value is -0.940. The molecule has 0 aliphatic rings. The summed E-state index contributed by atoms with van der Waals surface area (Å²) in [7, 11) is 1.89. The molecule has 0 spiro atoms. The largest absolute Gasteiger partial charge is 0.380 e. The fourth-order valence-corrected chi connectivity index (χ4v) is 1.01. The van der Waals surface area contributed by atoms with Gasteiger partial charge in [0, 0.05) is 19.3 Å². The first-order chi connectivity index (χ1) is 6.36. The van der Waals surface area contributed by atoms with Gasteiger partial charge >= 0.3 is 0 Å². The number of nitrogens with one attached hydrogen (secondary N) is 1. The molecule has 5 heteroatoms. The van der Waals surface area contributed by atoms with E-state index in [0.717, 1.165) is 25.4 Å². The Kier molecular flexibility index (Phi) is 4.42. The molecule has 5 nitrogen and oxygen atoms in total. The molecule has 0 amide bonds. The second kappa shape index (κ2) is 5.66. The first-order valence-corrected chi connectivity index (χ1v) is 4.48. The topological polar surface area (TPSA) is 52.0 Å². The number of hydrogen-bond donors (Lipinski definition) is 1. The minimum absolute atomic E-state index is 0.693. The molecule has 0 saturated heterocycles. The Morgan fingerprint density at radius 1 is 1.62 bits per heavy atom. The maximum atomic E-state index is 5.20. The van der Waals surface area contributed by atoms with Crippen LogP contribution < -0.4 is 5.32 Å². The second-order valence-electron chi connectivity index (χ2n) is 2.70. The van der Waals surface area contributed by atoms with Gasteiger partial charge in [-0.25, -0.2) is 4.68 Å². The summed E-state index contributed by atoms with van der Waals surface area (Å²) < 4.78 is 7.00. The number of aromatic nitrogens is 3. The number of nitrogens with zero attached hydrogens (tertiary/aromatic N) is 3. The maximum Gasteiger partial charge on any atom is 0.0964 e. The maximum absolute atomic E-state index is 5.20. The number of hydrogen-bond acceptors (Lipinski definition) is 4. The summed E-state index contributed by atoms with van der Waals surface area (Å²) in [6.45, 7) is 4.95. The smallest absolute Gasteiger partial charge is 0.0964 e. The SMILES string of the molecule is CCOCCn1cc(CNC)nn1. The highest BCUT2D eigenvalue weighted by Crippen LogP contribution is 1.91. The zero-order valence-electron chi connectivity index (χ0n) is 8.16. The summed E-state index contributed by atoms with van der Waals surface area (Å²) >= 11 is 0. The highest BCUT2D eigenvalue weighted by Gasteiger charge is 1.98. The minimum Gasteiger partial charge on any atom is -0.380 e. The molecule has 0 atom stereocenters. The lowest BCUT2D eigenvalue weighted by Crippen LogP contribution is -2.06. The van der Waals surface area contributed by atoms with E-state index in [9.17, 15) is 0 Å². The summed E-state index contributed by atoms with van der Waals surface area (Å²) in [5.41, 5.74) is 0.957. The van der Waals surface area contributed by atoms with E-state index in [0.29, 0.717) is 6.61 Å². The van der Waals surface area contributed by atoms with Gasteiger partial charge in [0.2, 0.25) is 0 Å². The van der Waals surface area contributed by atoms with Crippen LogP contribution in [-0.4, -0.2) is 35.3 Å². The molecule has 0 aliphatic carbocycles. The number of ether oxygens (including phenoxy) is 1. The fraction of sp³-hybridized carbons (Fsp3) is 0.750. The third-order valence-corrected chi connectivity index (χ3v) is 1.61. The van der Waals surface area contributed by atoms with Gasteiger partial charge in [0.25, 0.3) is 0 Å². The van der Waals surface area contributed by atoms with Gasteiger partial charge in [0.1, 0.15) is 0 Å². The predicted octanol–water partition coefficient (Wildman–Crippen LogP) is 0.0340. The van der Waals surface area contributed by atoms with Gasteiger partial charge in [-0.2, -0.15) is 0 Å². The van der Waals surface area contributed by atoms with Crippen molar-refractivity contribution in [1.29, 1.82) is 0 Å². The Bertz CT molecular complexity index is 236. The van der Waals surface area contributed by atoms with E-state index in [2.05, 4.69) is 15.6 Å². The molecule has 0 unspecified atom stereocenters. The van der Waals surface area contributed by atoms with E-state index in [4.69, 9.17) is 4.74 Å². The lowest BCUT2D eigenvalue weighted by molar-refractivity contribution is 0.136. The normalized spacial score (nSPS) is 10.6. The molecule has 0 saturated carbocycles. The van der Waals surface area contributed by atoms with Crippen LogP contribution in [0.5, 0.6) is 0 Å². The van der Waals surface area contributed by atoms with E-state index in [1.807, 2.05) is 20.2 Å². The summed E-state index contributed by atoms with van der Waals surface area (Å²) in [4.78, 5) is 0. The molecule has 1 aromatic rings. The predicted molar refractivity (Wildman–Crippen MR) is 49.3 cm³/mol. The summed E-state index contributed by atoms with van der Waals surface area (Å²) in [5.74, 6) is 0. The molecule has 0 radical (unpaired) electrons. The third kappa shape index (κ3) is 3.52. The lowest BCUT2D eigenvalue weighted by Gasteiger charge is -1.99. The van der Waals surface area contributed by atoms with E-state index >= 15 is 0 Å². The zero-order chi connectivity index (χ0) is 9.52. The second-order valence-corrected chi connectivity index (χ2v) is 2.70. The zero-order valence-corrected chi connectivity index (χ0v) is 8.16. The monoisotopic (exact) mass is 184 g/mol. The quantitative estimate of drug-likeness (QED) is 0.634. The average molecular weight is 184 g/mol. The van der Waals surface area contributed by atoms with E-state index < -0.39 is 0 Å². The van der Waals surface area contributed by atoms with Crippen LogP contribution >= 0.6 is 0 Å². The summed E-state index contributed by atoms with van der Waals surface area (Å²) in [6, 6.07) is 0. The van der Waals surface area contributed by atoms with Crippen molar-refractivity contribution >= 4 is 0 Å². The molecular weight excluding hydrogens is 168 g/mol. The Morgan fingerprint density at radius 2 is 2.46 bits per heavy atom. The van der Waals surface area contributed by atoms with Crippen LogP contribution in [0.1, 0.15) is 12.6 Å². The molecule has 74 valence electrons. The molecule has 1 N–H and O–H groups in total. The highest BCUT2D eigenvalue weighted by atomic mass is 16.5. The van der Waals surface area contributed by atoms with Gasteiger partial charge in [0.15, 0.2) is 0 Å². The first-order valence-electron chi connectivity index (χ1n) is 4.48. The standard InChI is InChI=1S/C8H16N4O/c1-3-13-5-4-12-7-8(6-9-2)10-11-12/h7,9H,3-6H2,1-2H3. The van der Waals surface area contributed by atoms with Crippen LogP contribution in [0.3, 0.4) is 0 Å². The average Bonchev–Trinajstić information content (AvgIpc) is 2.54. The van der Waals surface area contributed by atoms with Gasteiger partial charge < -0.3 is 10.1 Å². The van der Waals surface area contributed by atoms with Crippen LogP contribution in [0.4, 0.5) is 0 Å². The van der Waals surface area contributed by atoms with Gasteiger partial charge in [-0.1, -0.05) is 5.21 Å². The van der Waals surface area contributed by atoms with Crippen molar-refractivity contribution in [3.05, 3.63) is 11.9 Å². The van der Waals surface area contributed by atoms with Crippen molar-refractivity contribution < 1.29 is 4.74 Å². The molecule has 13 heavy (non-hydrogen) atoms. The van der Waals surface area contributed by atoms with Crippen molar-refractivity contribution in [2.75, 3.05) is 20.3 Å². The minimum atomic E-state index is 0.693. The van der Waals surface area contributed by atoms with Crippen molar-refractivity contribution in [3.8, 4) is 0 Å². The van der Waals surface area contributed by atoms with Crippen molar-refractivity contribution in [2.24, 2.45) is 0 Å². The van der Waals surface area contributed by atoms with Crippen LogP contribution in [0, 0.1) is 0 Å². The molecule has 1 rings (SSSR count). The molecule has 1 heterocycles. The summed E-state index contributed by atoms with van der Waals surface area (Å²) in [5, 5.41) is 11.0. The van der Waals surface area contributed by atoms with Crippen LogP contribution in [0.2, 0.25) is 0 Å². The first kappa shape index (κ1) is 10.1. The molecule has 1 aromatic heterocycles. The van der Waals surface area contributed by atoms with Gasteiger partial charge in [0.05, 0.1) is 18.8 Å². The van der Waals surface area contributed by atoms with Gasteiger partial charge in [-0.15, -0.1) is 5.10 Å². The third-order valence-electron chi connectivity index (χ3n) is 1.61. The van der Waals surface area contributed by atoms with E-state index in [-0.39, 0.29) is 0 Å². The molecule has 0 aromatic carbocycles. The van der Waals surface area contributed by atoms with Crippen LogP contribution in [0.25, 0.3) is 0 Å². The van der Waals surface area contributed by atoms with Crippen LogP contribution in [0.15, 0.2) is 6.20 Å². The number of rotatable bonds is 6. The Labute approximate surface area is 78.1 Å². The fourth-order valence-electron chi connectivity index (χ4n) is 1.01. The molecular formula is C8H16N4O. The van der Waals surface area contributed by atoms with Gasteiger partial charge in [-0.3, -0.25) is 0 Å². The summed E-state index contributed by atoms with van der Waals surface area (Å²) in [6.07, 6.45) is 1.93. The highest BCUT2D eigenvalue weighted by molar-refractivity contribution is 4.90. The molecule has 0 bridgehead atoms. The Balaban J connectivity index is 2.31. The Morgan fingerprint density at radius 3 is 3.15 bits per heavy atom. The molecule has 0 aliphatic heterocycles. The van der Waals surface area contributed by atoms with Crippen molar-refractivity contribution in [3.63, 3.8) is 0 Å². The van der Waals surface area contributed by atoms with Gasteiger partial charge in [-0.05, 0) is 14.0 Å². The van der Waals surface area contributed by atoms with E-state index in [1.54, 1.807) is 4.68 Å². The van der Waals surface area contributed by atoms with E-state index in [1.165, 1.54) is 0 Å². The van der Waals surface area contributed by atoms with Crippen LogP contribution in [-0.2, 0) is 17.8 Å². The van der Waals surface area contributed by atoms with Crippen molar-refractivity contribution in [1.82, 2.24) is 20.3 Å². The lowest BCUT2D eigenvalue weighted by atomic mass is 10.5. The van der Waals surface area contributed by atoms with Crippen molar-refractivity contribution in [2.45, 2.75) is 20.0 Å².